The molecule has 2 aromatic carbocycles. The lowest BCUT2D eigenvalue weighted by atomic mass is 9.98. The molecule has 1 aromatic heterocycles. The minimum atomic E-state index is -0.284. The number of hydrogen-bond donors (Lipinski definition) is 1. The molecule has 164 valence electrons. The topological polar surface area (TPSA) is 51.2 Å². The highest BCUT2D eigenvalue weighted by atomic mass is 35.5. The zero-order chi connectivity index (χ0) is 21.8. The lowest BCUT2D eigenvalue weighted by Gasteiger charge is -2.23. The summed E-state index contributed by atoms with van der Waals surface area (Å²) in [5, 5.41) is 4.68. The average molecular weight is 451 g/mol. The SMILES string of the molecule is O=C(NC(C1CC1)C1[C@H]2CC(Oc3ccnc4ccc(F)cc34)C[C@@H]12)c1ccc(Cl)cc1. The Bertz CT molecular complexity index is 1170. The molecule has 5 atom stereocenters. The Kier molecular flexibility index (Phi) is 4.83. The summed E-state index contributed by atoms with van der Waals surface area (Å²) in [5.41, 5.74) is 1.40. The van der Waals surface area contributed by atoms with Crippen molar-refractivity contribution in [2.45, 2.75) is 37.8 Å². The van der Waals surface area contributed by atoms with Crippen molar-refractivity contribution in [1.29, 1.82) is 0 Å². The van der Waals surface area contributed by atoms with Crippen molar-refractivity contribution >= 4 is 28.4 Å². The molecule has 32 heavy (non-hydrogen) atoms. The van der Waals surface area contributed by atoms with Gasteiger partial charge in [-0.05, 0) is 97.9 Å². The number of benzene rings is 2. The van der Waals surface area contributed by atoms with Gasteiger partial charge >= 0.3 is 0 Å². The van der Waals surface area contributed by atoms with Crippen LogP contribution in [0.5, 0.6) is 5.75 Å². The molecule has 3 fully saturated rings. The van der Waals surface area contributed by atoms with E-state index in [-0.39, 0.29) is 23.9 Å². The van der Waals surface area contributed by atoms with Gasteiger partial charge in [-0.2, -0.15) is 0 Å². The molecule has 0 aliphatic heterocycles. The van der Waals surface area contributed by atoms with E-state index in [0.717, 1.165) is 23.7 Å². The Hall–Kier alpha value is -2.66. The lowest BCUT2D eigenvalue weighted by molar-refractivity contribution is 0.0918. The molecule has 0 saturated heterocycles. The van der Waals surface area contributed by atoms with E-state index in [4.69, 9.17) is 16.3 Å². The number of rotatable bonds is 6. The van der Waals surface area contributed by atoms with E-state index in [9.17, 15) is 9.18 Å². The number of pyridine rings is 1. The number of carbonyl (C=O) groups excluding carboxylic acids is 1. The number of nitrogens with zero attached hydrogens (tertiary/aromatic N) is 1. The van der Waals surface area contributed by atoms with Crippen LogP contribution in [0.1, 0.15) is 36.0 Å². The summed E-state index contributed by atoms with van der Waals surface area (Å²) in [4.78, 5) is 17.1. The second-order valence-corrected chi connectivity index (χ2v) is 9.87. The van der Waals surface area contributed by atoms with Gasteiger partial charge in [0.1, 0.15) is 11.6 Å². The maximum absolute atomic E-state index is 13.7. The lowest BCUT2D eigenvalue weighted by Crippen LogP contribution is -2.39. The summed E-state index contributed by atoms with van der Waals surface area (Å²) in [7, 11) is 0. The summed E-state index contributed by atoms with van der Waals surface area (Å²) >= 11 is 5.95. The van der Waals surface area contributed by atoms with Crippen LogP contribution in [-0.4, -0.2) is 23.0 Å². The quantitative estimate of drug-likeness (QED) is 0.528. The number of carbonyl (C=O) groups is 1. The van der Waals surface area contributed by atoms with Crippen LogP contribution in [0.3, 0.4) is 0 Å². The monoisotopic (exact) mass is 450 g/mol. The van der Waals surface area contributed by atoms with Gasteiger partial charge < -0.3 is 10.1 Å². The van der Waals surface area contributed by atoms with Crippen LogP contribution in [0.2, 0.25) is 5.02 Å². The fourth-order valence-electron chi connectivity index (χ4n) is 5.67. The second kappa shape index (κ2) is 7.73. The summed E-state index contributed by atoms with van der Waals surface area (Å²) in [6.45, 7) is 0. The van der Waals surface area contributed by atoms with Gasteiger partial charge in [0.05, 0.1) is 11.6 Å². The zero-order valence-corrected chi connectivity index (χ0v) is 18.3. The molecule has 3 aliphatic rings. The van der Waals surface area contributed by atoms with Crippen LogP contribution in [0.25, 0.3) is 10.9 Å². The number of halogens is 2. The third-order valence-corrected chi connectivity index (χ3v) is 7.63. The van der Waals surface area contributed by atoms with Gasteiger partial charge in [0.15, 0.2) is 0 Å². The van der Waals surface area contributed by atoms with Gasteiger partial charge in [-0.25, -0.2) is 4.39 Å². The first-order chi connectivity index (χ1) is 15.6. The molecule has 3 aliphatic carbocycles. The molecule has 0 radical (unpaired) electrons. The van der Waals surface area contributed by atoms with Crippen LogP contribution in [-0.2, 0) is 0 Å². The number of nitrogens with one attached hydrogen (secondary N) is 1. The van der Waals surface area contributed by atoms with Crippen molar-refractivity contribution in [1.82, 2.24) is 10.3 Å². The van der Waals surface area contributed by atoms with Crippen LogP contribution in [0, 0.1) is 29.5 Å². The zero-order valence-electron chi connectivity index (χ0n) is 17.5. The first-order valence-electron chi connectivity index (χ1n) is 11.3. The Balaban J connectivity index is 1.11. The third kappa shape index (κ3) is 3.73. The molecular formula is C26H24ClFN2O2. The van der Waals surface area contributed by atoms with Crippen molar-refractivity contribution in [3.05, 3.63) is 71.1 Å². The first kappa shape index (κ1) is 20.0. The highest BCUT2D eigenvalue weighted by molar-refractivity contribution is 6.30. The molecule has 0 spiro atoms. The van der Waals surface area contributed by atoms with E-state index in [0.29, 0.717) is 40.0 Å². The Morgan fingerprint density at radius 1 is 1.09 bits per heavy atom. The Morgan fingerprint density at radius 2 is 1.84 bits per heavy atom. The minimum absolute atomic E-state index is 0.0124. The minimum Gasteiger partial charge on any atom is -0.490 e. The van der Waals surface area contributed by atoms with Gasteiger partial charge in [0.2, 0.25) is 0 Å². The van der Waals surface area contributed by atoms with Gasteiger partial charge in [-0.1, -0.05) is 11.6 Å². The highest BCUT2D eigenvalue weighted by Crippen LogP contribution is 2.62. The predicted molar refractivity (Wildman–Crippen MR) is 121 cm³/mol. The van der Waals surface area contributed by atoms with E-state index >= 15 is 0 Å². The van der Waals surface area contributed by atoms with Crippen LogP contribution in [0.15, 0.2) is 54.7 Å². The van der Waals surface area contributed by atoms with Gasteiger partial charge in [0.25, 0.3) is 5.91 Å². The predicted octanol–water partition coefficient (Wildman–Crippen LogP) is 5.64. The number of hydrogen-bond acceptors (Lipinski definition) is 3. The highest BCUT2D eigenvalue weighted by Gasteiger charge is 2.61. The van der Waals surface area contributed by atoms with E-state index in [1.807, 2.05) is 6.07 Å². The van der Waals surface area contributed by atoms with Gasteiger partial charge in [0, 0.05) is 28.2 Å². The molecule has 4 nitrogen and oxygen atoms in total. The van der Waals surface area contributed by atoms with Gasteiger partial charge in [-0.3, -0.25) is 9.78 Å². The fraction of sp³-hybridized carbons (Fsp3) is 0.385. The molecule has 3 aromatic rings. The number of fused-ring (bicyclic) bond motifs is 2. The average Bonchev–Trinajstić information content (AvgIpc) is 3.70. The van der Waals surface area contributed by atoms with E-state index in [2.05, 4.69) is 10.3 Å². The van der Waals surface area contributed by atoms with Crippen LogP contribution >= 0.6 is 11.6 Å². The largest absolute Gasteiger partial charge is 0.490 e. The Labute approximate surface area is 191 Å². The molecule has 6 heteroatoms. The summed E-state index contributed by atoms with van der Waals surface area (Å²) in [5.74, 6) is 2.70. The Morgan fingerprint density at radius 3 is 2.56 bits per heavy atom. The van der Waals surface area contributed by atoms with Crippen molar-refractivity contribution in [3.8, 4) is 5.75 Å². The van der Waals surface area contributed by atoms with Crippen molar-refractivity contribution in [2.75, 3.05) is 0 Å². The van der Waals surface area contributed by atoms with Crippen LogP contribution in [0.4, 0.5) is 4.39 Å². The van der Waals surface area contributed by atoms with E-state index in [1.165, 1.54) is 25.0 Å². The number of aromatic nitrogens is 1. The molecule has 6 rings (SSSR count). The smallest absolute Gasteiger partial charge is 0.251 e. The van der Waals surface area contributed by atoms with Crippen LogP contribution < -0.4 is 10.1 Å². The first-order valence-corrected chi connectivity index (χ1v) is 11.7. The third-order valence-electron chi connectivity index (χ3n) is 7.37. The van der Waals surface area contributed by atoms with E-state index < -0.39 is 0 Å². The van der Waals surface area contributed by atoms with Crippen molar-refractivity contribution in [2.24, 2.45) is 23.7 Å². The standard InChI is InChI=1S/C26H24ClFN2O2/c27-16-5-3-15(4-6-16)26(31)30-25(14-1-2-14)24-19-12-18(13-20(19)24)32-23-9-10-29-22-8-7-17(28)11-21(22)23/h3-11,14,18-20,24-25H,1-2,12-13H2,(H,30,31)/t18?,19-,20+,24?,25?. The maximum Gasteiger partial charge on any atom is 0.251 e. The number of amides is 1. The molecule has 1 amide bonds. The van der Waals surface area contributed by atoms with Gasteiger partial charge in [-0.15, -0.1) is 0 Å². The summed E-state index contributed by atoms with van der Waals surface area (Å²) in [6, 6.07) is 13.7. The van der Waals surface area contributed by atoms with Crippen molar-refractivity contribution in [3.63, 3.8) is 0 Å². The fourth-order valence-corrected chi connectivity index (χ4v) is 5.79. The van der Waals surface area contributed by atoms with E-state index in [1.54, 1.807) is 36.5 Å². The maximum atomic E-state index is 13.7. The molecular weight excluding hydrogens is 427 g/mol. The van der Waals surface area contributed by atoms with Crippen molar-refractivity contribution < 1.29 is 13.9 Å². The second-order valence-electron chi connectivity index (χ2n) is 9.43. The number of ether oxygens (including phenoxy) is 1. The molecule has 0 bridgehead atoms. The molecule has 1 heterocycles. The summed E-state index contributed by atoms with van der Waals surface area (Å²) in [6.07, 6.45) is 6.18. The molecule has 3 saturated carbocycles. The normalized spacial score (nSPS) is 27.1. The molecule has 1 N–H and O–H groups in total. The molecule has 3 unspecified atom stereocenters. The summed E-state index contributed by atoms with van der Waals surface area (Å²) < 4.78 is 20.0.